The predicted molar refractivity (Wildman–Crippen MR) is 159 cm³/mol. The molecular formula is C30H39F2N5O4S. The van der Waals surface area contributed by atoms with Gasteiger partial charge in [0.05, 0.1) is 30.9 Å². The number of allylic oxidation sites excluding steroid dienone is 1. The second-order valence-corrected chi connectivity index (χ2v) is 12.3. The van der Waals surface area contributed by atoms with E-state index in [9.17, 15) is 18.4 Å². The Labute approximate surface area is 249 Å². The molecule has 9 nitrogen and oxygen atoms in total. The number of carbonyl (C=O) groups excluding carboxylic acids is 2. The Bertz CT molecular complexity index is 1400. The molecular weight excluding hydrogens is 564 g/mol. The van der Waals surface area contributed by atoms with E-state index >= 15 is 0 Å². The van der Waals surface area contributed by atoms with Crippen LogP contribution in [0.4, 0.5) is 8.78 Å². The van der Waals surface area contributed by atoms with Crippen molar-refractivity contribution in [2.24, 2.45) is 16.8 Å². The molecule has 1 saturated heterocycles. The van der Waals surface area contributed by atoms with Crippen LogP contribution in [0.3, 0.4) is 0 Å². The number of amides is 2. The van der Waals surface area contributed by atoms with Crippen molar-refractivity contribution in [3.05, 3.63) is 34.5 Å². The molecule has 4 heterocycles. The fourth-order valence-corrected chi connectivity index (χ4v) is 7.49. The highest BCUT2D eigenvalue weighted by molar-refractivity contribution is 8.02. The molecule has 3 aliphatic rings. The first kappa shape index (κ1) is 30.6. The van der Waals surface area contributed by atoms with E-state index < -0.39 is 12.5 Å². The van der Waals surface area contributed by atoms with Crippen LogP contribution in [-0.4, -0.2) is 83.7 Å². The molecule has 2 aromatic heterocycles. The average Bonchev–Trinajstić information content (AvgIpc) is 3.24. The number of alkyl halides is 2. The number of dihydropyridines is 1. The van der Waals surface area contributed by atoms with Crippen LogP contribution in [0.15, 0.2) is 28.2 Å². The number of pyridine rings is 1. The van der Waals surface area contributed by atoms with Crippen molar-refractivity contribution in [2.75, 3.05) is 33.0 Å². The van der Waals surface area contributed by atoms with Crippen molar-refractivity contribution in [3.63, 3.8) is 0 Å². The smallest absolute Gasteiger partial charge is 0.345 e. The number of rotatable bonds is 10. The molecule has 0 aromatic carbocycles. The first-order chi connectivity index (χ1) is 20.1. The van der Waals surface area contributed by atoms with Crippen LogP contribution in [0.1, 0.15) is 61.6 Å². The van der Waals surface area contributed by atoms with Crippen molar-refractivity contribution in [3.8, 4) is 5.75 Å². The molecule has 0 radical (unpaired) electrons. The number of likely N-dealkylation sites (tertiary alicyclic amines) is 1. The maximum Gasteiger partial charge on any atom is 0.345 e. The third-order valence-corrected chi connectivity index (χ3v) is 9.90. The number of ether oxygens (including phenoxy) is 2. The van der Waals surface area contributed by atoms with E-state index in [4.69, 9.17) is 9.72 Å². The van der Waals surface area contributed by atoms with Gasteiger partial charge in [-0.2, -0.15) is 8.78 Å². The van der Waals surface area contributed by atoms with E-state index in [0.29, 0.717) is 47.5 Å². The number of aromatic nitrogens is 2. The molecule has 1 aliphatic carbocycles. The molecule has 228 valence electrons. The molecule has 1 unspecified atom stereocenters. The Morgan fingerprint density at radius 2 is 1.93 bits per heavy atom. The van der Waals surface area contributed by atoms with Gasteiger partial charge >= 0.3 is 6.61 Å². The minimum Gasteiger partial charge on any atom is -0.495 e. The number of halogens is 2. The number of carbonyl (C=O) groups is 2. The van der Waals surface area contributed by atoms with E-state index in [1.807, 2.05) is 25.3 Å². The summed E-state index contributed by atoms with van der Waals surface area (Å²) < 4.78 is 37.2. The summed E-state index contributed by atoms with van der Waals surface area (Å²) in [6.45, 7) is 4.48. The molecule has 42 heavy (non-hydrogen) atoms. The Morgan fingerprint density at radius 1 is 1.21 bits per heavy atom. The van der Waals surface area contributed by atoms with Crippen LogP contribution in [0.25, 0.3) is 11.0 Å². The molecule has 2 fully saturated rings. The standard InChI is InChI=1S/C30H39F2N5O4S/c1-16-10-25(42-5)24(28(38)35-16)13-34-29(39)26-18(3)37(27-23(26)11-21(40-4)12-33-27)17(2)19-6-8-20(9-7-19)36-14-22(15-36)41-30(31)32/h10-12,17,19-20,22,24,30H,6-9,13-15H2,1-5H3,(H,34,39)/t17-,19?,20?,24?/m1/s1. The number of nitrogens with one attached hydrogen (secondary N) is 1. The summed E-state index contributed by atoms with van der Waals surface area (Å²) in [5, 5.41) is 3.71. The Balaban J connectivity index is 1.32. The van der Waals surface area contributed by atoms with Crippen molar-refractivity contribution < 1.29 is 27.8 Å². The maximum absolute atomic E-state index is 13.7. The number of hydrogen-bond acceptors (Lipinski definition) is 7. The van der Waals surface area contributed by atoms with Crippen molar-refractivity contribution in [2.45, 2.75) is 71.3 Å². The number of hydrogen-bond donors (Lipinski definition) is 1. The predicted octanol–water partition coefficient (Wildman–Crippen LogP) is 4.99. The van der Waals surface area contributed by atoms with E-state index in [1.165, 1.54) is 11.8 Å². The second kappa shape index (κ2) is 12.8. The topological polar surface area (TPSA) is 98.0 Å². The third-order valence-electron chi connectivity index (χ3n) is 9.03. The van der Waals surface area contributed by atoms with Crippen molar-refractivity contribution >= 4 is 40.3 Å². The van der Waals surface area contributed by atoms with E-state index in [1.54, 1.807) is 20.2 Å². The van der Waals surface area contributed by atoms with Gasteiger partial charge in [-0.3, -0.25) is 14.5 Å². The van der Waals surface area contributed by atoms with Crippen LogP contribution in [0, 0.1) is 18.8 Å². The van der Waals surface area contributed by atoms with Gasteiger partial charge in [-0.05, 0) is 70.8 Å². The molecule has 2 aliphatic heterocycles. The molecule has 12 heteroatoms. The number of nitrogens with zero attached hydrogens (tertiary/aromatic N) is 4. The summed E-state index contributed by atoms with van der Waals surface area (Å²) in [5.74, 6) is -0.0844. The van der Waals surface area contributed by atoms with Gasteiger partial charge in [0.15, 0.2) is 0 Å². The summed E-state index contributed by atoms with van der Waals surface area (Å²) in [5.41, 5.74) is 2.74. The molecule has 0 bridgehead atoms. The van der Waals surface area contributed by atoms with Crippen molar-refractivity contribution in [1.82, 2.24) is 19.8 Å². The minimum absolute atomic E-state index is 0.0884. The average molecular weight is 604 g/mol. The van der Waals surface area contributed by atoms with Crippen LogP contribution < -0.4 is 10.1 Å². The fourth-order valence-electron chi connectivity index (χ4n) is 6.73. The Kier molecular flexibility index (Phi) is 9.34. The summed E-state index contributed by atoms with van der Waals surface area (Å²) in [6.07, 6.45) is 9.07. The van der Waals surface area contributed by atoms with E-state index in [-0.39, 0.29) is 30.5 Å². The van der Waals surface area contributed by atoms with Gasteiger partial charge in [-0.25, -0.2) is 9.98 Å². The second-order valence-electron chi connectivity index (χ2n) is 11.5. The zero-order valence-corrected chi connectivity index (χ0v) is 25.5. The number of methoxy groups -OCH3 is 1. The lowest BCUT2D eigenvalue weighted by molar-refractivity contribution is -0.202. The van der Waals surface area contributed by atoms with Crippen LogP contribution in [0.2, 0.25) is 0 Å². The molecule has 5 rings (SSSR count). The lowest BCUT2D eigenvalue weighted by Gasteiger charge is -2.46. The van der Waals surface area contributed by atoms with Crippen LogP contribution >= 0.6 is 11.8 Å². The molecule has 0 spiro atoms. The molecule has 2 atom stereocenters. The summed E-state index contributed by atoms with van der Waals surface area (Å²) >= 11 is 1.49. The summed E-state index contributed by atoms with van der Waals surface area (Å²) in [6, 6.07) is 2.32. The lowest BCUT2D eigenvalue weighted by atomic mass is 9.80. The Hall–Kier alpha value is -2.83. The quantitative estimate of drug-likeness (QED) is 0.409. The maximum atomic E-state index is 13.7. The monoisotopic (exact) mass is 603 g/mol. The first-order valence-electron chi connectivity index (χ1n) is 14.5. The van der Waals surface area contributed by atoms with Crippen LogP contribution in [-0.2, 0) is 9.53 Å². The Morgan fingerprint density at radius 3 is 2.57 bits per heavy atom. The van der Waals surface area contributed by atoms with Gasteiger partial charge in [0.1, 0.15) is 11.4 Å². The van der Waals surface area contributed by atoms with Crippen molar-refractivity contribution in [1.29, 1.82) is 0 Å². The highest BCUT2D eigenvalue weighted by Gasteiger charge is 2.38. The first-order valence-corrected chi connectivity index (χ1v) is 15.7. The molecule has 1 saturated carbocycles. The molecule has 2 amide bonds. The van der Waals surface area contributed by atoms with Gasteiger partial charge in [-0.15, -0.1) is 11.8 Å². The van der Waals surface area contributed by atoms with E-state index in [0.717, 1.165) is 41.9 Å². The highest BCUT2D eigenvalue weighted by atomic mass is 32.2. The van der Waals surface area contributed by atoms with Gasteiger partial charge < -0.3 is 19.4 Å². The van der Waals surface area contributed by atoms with Gasteiger partial charge in [-0.1, -0.05) is 0 Å². The number of aliphatic imine (C=N–C) groups is 1. The normalized spacial score (nSPS) is 24.4. The highest BCUT2D eigenvalue weighted by Crippen LogP contribution is 2.40. The minimum atomic E-state index is -2.72. The van der Waals surface area contributed by atoms with Crippen LogP contribution in [0.5, 0.6) is 5.75 Å². The fraction of sp³-hybridized carbons (Fsp3) is 0.600. The SMILES string of the molecule is COc1cnc2c(c1)c(C(=O)NCC1C(=O)N=C(C)C=C1SC)c(C)n2[C@H](C)C1CCC(N2CC(OC(F)F)C2)CC1. The zero-order chi connectivity index (χ0) is 30.1. The number of fused-ring (bicyclic) bond motifs is 1. The summed E-state index contributed by atoms with van der Waals surface area (Å²) in [4.78, 5) is 38.3. The zero-order valence-electron chi connectivity index (χ0n) is 24.7. The largest absolute Gasteiger partial charge is 0.495 e. The van der Waals surface area contributed by atoms with Gasteiger partial charge in [0.2, 0.25) is 0 Å². The van der Waals surface area contributed by atoms with Gasteiger partial charge in [0.25, 0.3) is 11.8 Å². The molecule has 1 N–H and O–H groups in total. The van der Waals surface area contributed by atoms with Gasteiger partial charge in [0, 0.05) is 53.4 Å². The third kappa shape index (κ3) is 6.12. The molecule has 2 aromatic rings. The number of thioether (sulfide) groups is 1. The lowest BCUT2D eigenvalue weighted by Crippen LogP contribution is -2.57. The summed E-state index contributed by atoms with van der Waals surface area (Å²) in [7, 11) is 1.57. The van der Waals surface area contributed by atoms with E-state index in [2.05, 4.69) is 31.4 Å².